The highest BCUT2D eigenvalue weighted by atomic mass is 32.1. The Morgan fingerprint density at radius 3 is 3.12 bits per heavy atom. The molecule has 0 bridgehead atoms. The van der Waals surface area contributed by atoms with Crippen LogP contribution in [0.15, 0.2) is 16.8 Å². The summed E-state index contributed by atoms with van der Waals surface area (Å²) >= 11 is 1.77. The van der Waals surface area contributed by atoms with Crippen LogP contribution in [0, 0.1) is 0 Å². The molecule has 0 radical (unpaired) electrons. The van der Waals surface area contributed by atoms with Gasteiger partial charge in [-0.3, -0.25) is 0 Å². The molecule has 0 saturated carbocycles. The van der Waals surface area contributed by atoms with Crippen molar-refractivity contribution >= 4 is 11.3 Å². The van der Waals surface area contributed by atoms with Gasteiger partial charge in [0, 0.05) is 19.2 Å². The van der Waals surface area contributed by atoms with Crippen molar-refractivity contribution in [1.29, 1.82) is 0 Å². The highest BCUT2D eigenvalue weighted by molar-refractivity contribution is 7.07. The fourth-order valence-electron chi connectivity index (χ4n) is 2.20. The van der Waals surface area contributed by atoms with Crippen molar-refractivity contribution in [1.82, 2.24) is 5.32 Å². The molecular formula is C13H21NOS. The molecule has 0 aliphatic carbocycles. The lowest BCUT2D eigenvalue weighted by Gasteiger charge is -2.25. The van der Waals surface area contributed by atoms with E-state index in [0.29, 0.717) is 6.04 Å². The van der Waals surface area contributed by atoms with Crippen LogP contribution in [-0.2, 0) is 11.2 Å². The average molecular weight is 239 g/mol. The summed E-state index contributed by atoms with van der Waals surface area (Å²) in [6.07, 6.45) is 3.50. The van der Waals surface area contributed by atoms with Crippen molar-refractivity contribution in [3.05, 3.63) is 22.4 Å². The molecule has 1 aromatic rings. The van der Waals surface area contributed by atoms with Crippen molar-refractivity contribution in [2.45, 2.75) is 44.8 Å². The first-order valence-electron chi connectivity index (χ1n) is 6.06. The topological polar surface area (TPSA) is 21.3 Å². The second kappa shape index (κ2) is 5.30. The number of thiophene rings is 1. The standard InChI is InChI=1S/C13H21NOS/c1-11(8-12-4-7-16-9-12)14-10-13(2)5-3-6-15-13/h4,7,9,11,14H,3,5-6,8,10H2,1-2H3. The Balaban J connectivity index is 1.73. The normalized spacial score (nSPS) is 27.1. The van der Waals surface area contributed by atoms with Gasteiger partial charge in [-0.25, -0.2) is 0 Å². The number of hydrogen-bond acceptors (Lipinski definition) is 3. The summed E-state index contributed by atoms with van der Waals surface area (Å²) in [7, 11) is 0. The van der Waals surface area contributed by atoms with Gasteiger partial charge in [-0.1, -0.05) is 0 Å². The largest absolute Gasteiger partial charge is 0.374 e. The van der Waals surface area contributed by atoms with Crippen LogP contribution >= 0.6 is 11.3 Å². The monoisotopic (exact) mass is 239 g/mol. The predicted molar refractivity (Wildman–Crippen MR) is 69.1 cm³/mol. The molecule has 2 heterocycles. The molecule has 3 heteroatoms. The van der Waals surface area contributed by atoms with E-state index in [4.69, 9.17) is 4.74 Å². The summed E-state index contributed by atoms with van der Waals surface area (Å²) in [6, 6.07) is 2.73. The van der Waals surface area contributed by atoms with Crippen molar-refractivity contribution in [3.8, 4) is 0 Å². The zero-order valence-corrected chi connectivity index (χ0v) is 11.0. The van der Waals surface area contributed by atoms with E-state index >= 15 is 0 Å². The van der Waals surface area contributed by atoms with Gasteiger partial charge in [0.15, 0.2) is 0 Å². The first-order valence-corrected chi connectivity index (χ1v) is 7.01. The molecule has 1 N–H and O–H groups in total. The molecule has 2 unspecified atom stereocenters. The molecule has 2 rings (SSSR count). The molecule has 2 atom stereocenters. The Morgan fingerprint density at radius 1 is 1.62 bits per heavy atom. The average Bonchev–Trinajstić information content (AvgIpc) is 2.88. The van der Waals surface area contributed by atoms with Crippen LogP contribution in [0.3, 0.4) is 0 Å². The molecule has 1 aliphatic heterocycles. The summed E-state index contributed by atoms with van der Waals surface area (Å²) < 4.78 is 5.77. The second-order valence-electron chi connectivity index (χ2n) is 5.02. The van der Waals surface area contributed by atoms with E-state index in [-0.39, 0.29) is 5.60 Å². The number of hydrogen-bond donors (Lipinski definition) is 1. The quantitative estimate of drug-likeness (QED) is 0.853. The summed E-state index contributed by atoms with van der Waals surface area (Å²) in [5, 5.41) is 7.95. The number of nitrogens with one attached hydrogen (secondary N) is 1. The number of ether oxygens (including phenoxy) is 1. The van der Waals surface area contributed by atoms with Crippen LogP contribution in [-0.4, -0.2) is 24.8 Å². The molecule has 1 aliphatic rings. The summed E-state index contributed by atoms with van der Waals surface area (Å²) in [6.45, 7) is 6.36. The molecule has 90 valence electrons. The van der Waals surface area contributed by atoms with Crippen LogP contribution < -0.4 is 5.32 Å². The van der Waals surface area contributed by atoms with E-state index in [2.05, 4.69) is 36.0 Å². The van der Waals surface area contributed by atoms with Gasteiger partial charge in [-0.15, -0.1) is 0 Å². The minimum Gasteiger partial charge on any atom is -0.374 e. The van der Waals surface area contributed by atoms with Crippen molar-refractivity contribution in [2.24, 2.45) is 0 Å². The molecular weight excluding hydrogens is 218 g/mol. The molecule has 16 heavy (non-hydrogen) atoms. The van der Waals surface area contributed by atoms with Crippen LogP contribution in [0.2, 0.25) is 0 Å². The first-order chi connectivity index (χ1) is 7.68. The Labute approximate surface area is 102 Å². The maximum absolute atomic E-state index is 5.77. The Morgan fingerprint density at radius 2 is 2.50 bits per heavy atom. The zero-order valence-electron chi connectivity index (χ0n) is 10.2. The molecule has 1 fully saturated rings. The van der Waals surface area contributed by atoms with Crippen molar-refractivity contribution in [3.63, 3.8) is 0 Å². The van der Waals surface area contributed by atoms with Gasteiger partial charge in [0.25, 0.3) is 0 Å². The maximum atomic E-state index is 5.77. The van der Waals surface area contributed by atoms with E-state index < -0.39 is 0 Å². The minimum absolute atomic E-state index is 0.0723. The Kier molecular flexibility index (Phi) is 4.00. The zero-order chi connectivity index (χ0) is 11.4. The fraction of sp³-hybridized carbons (Fsp3) is 0.692. The van der Waals surface area contributed by atoms with Gasteiger partial charge in [0.2, 0.25) is 0 Å². The predicted octanol–water partition coefficient (Wildman–Crippen LogP) is 2.84. The molecule has 1 aromatic heterocycles. The van der Waals surface area contributed by atoms with Gasteiger partial charge < -0.3 is 10.1 Å². The van der Waals surface area contributed by atoms with E-state index in [9.17, 15) is 0 Å². The third-order valence-electron chi connectivity index (χ3n) is 3.25. The van der Waals surface area contributed by atoms with Crippen LogP contribution in [0.25, 0.3) is 0 Å². The molecule has 0 aromatic carbocycles. The molecule has 2 nitrogen and oxygen atoms in total. The fourth-order valence-corrected chi connectivity index (χ4v) is 2.88. The summed E-state index contributed by atoms with van der Waals surface area (Å²) in [5.41, 5.74) is 1.51. The van der Waals surface area contributed by atoms with Gasteiger partial charge in [-0.2, -0.15) is 11.3 Å². The van der Waals surface area contributed by atoms with E-state index in [1.54, 1.807) is 11.3 Å². The lowest BCUT2D eigenvalue weighted by atomic mass is 10.0. The van der Waals surface area contributed by atoms with Crippen LogP contribution in [0.5, 0.6) is 0 Å². The lowest BCUT2D eigenvalue weighted by molar-refractivity contribution is 0.0191. The van der Waals surface area contributed by atoms with E-state index in [1.165, 1.54) is 18.4 Å². The molecule has 0 spiro atoms. The maximum Gasteiger partial charge on any atom is 0.0779 e. The lowest BCUT2D eigenvalue weighted by Crippen LogP contribution is -2.41. The van der Waals surface area contributed by atoms with Gasteiger partial charge in [0.05, 0.1) is 5.60 Å². The van der Waals surface area contributed by atoms with Crippen LogP contribution in [0.1, 0.15) is 32.3 Å². The van der Waals surface area contributed by atoms with Crippen molar-refractivity contribution in [2.75, 3.05) is 13.2 Å². The summed E-state index contributed by atoms with van der Waals surface area (Å²) in [4.78, 5) is 0. The van der Waals surface area contributed by atoms with E-state index in [0.717, 1.165) is 19.6 Å². The van der Waals surface area contributed by atoms with E-state index in [1.807, 2.05) is 0 Å². The SMILES string of the molecule is CC(Cc1ccsc1)NCC1(C)CCCO1. The highest BCUT2D eigenvalue weighted by Gasteiger charge is 2.29. The smallest absolute Gasteiger partial charge is 0.0779 e. The Bertz CT molecular complexity index is 304. The van der Waals surface area contributed by atoms with Gasteiger partial charge >= 0.3 is 0 Å². The first kappa shape index (κ1) is 12.1. The van der Waals surface area contributed by atoms with Crippen LogP contribution in [0.4, 0.5) is 0 Å². The Hall–Kier alpha value is -0.380. The minimum atomic E-state index is 0.0723. The number of rotatable bonds is 5. The molecule has 0 amide bonds. The van der Waals surface area contributed by atoms with Crippen molar-refractivity contribution < 1.29 is 4.74 Å². The third kappa shape index (κ3) is 3.30. The highest BCUT2D eigenvalue weighted by Crippen LogP contribution is 2.24. The van der Waals surface area contributed by atoms with Gasteiger partial charge in [0.1, 0.15) is 0 Å². The summed E-state index contributed by atoms with van der Waals surface area (Å²) in [5.74, 6) is 0. The second-order valence-corrected chi connectivity index (χ2v) is 5.80. The van der Waals surface area contributed by atoms with Gasteiger partial charge in [-0.05, 0) is 55.5 Å². The third-order valence-corrected chi connectivity index (χ3v) is 3.98. The molecule has 1 saturated heterocycles.